The first-order chi connectivity index (χ1) is 8.97. The lowest BCUT2D eigenvalue weighted by Crippen LogP contribution is -2.16. The van der Waals surface area contributed by atoms with E-state index in [0.717, 1.165) is 6.07 Å². The Kier molecular flexibility index (Phi) is 3.85. The van der Waals surface area contributed by atoms with Gasteiger partial charge in [0.25, 0.3) is 0 Å². The summed E-state index contributed by atoms with van der Waals surface area (Å²) in [6.45, 7) is 3.48. The van der Waals surface area contributed by atoms with E-state index in [0.29, 0.717) is 17.0 Å². The van der Waals surface area contributed by atoms with E-state index in [1.54, 1.807) is 13.8 Å². The van der Waals surface area contributed by atoms with Crippen LogP contribution < -0.4 is 5.32 Å². The van der Waals surface area contributed by atoms with Crippen molar-refractivity contribution in [3.05, 3.63) is 46.1 Å². The molecule has 0 atom stereocenters. The van der Waals surface area contributed by atoms with E-state index in [1.165, 1.54) is 12.1 Å². The summed E-state index contributed by atoms with van der Waals surface area (Å²) in [5.74, 6) is -0.320. The Morgan fingerprint density at radius 3 is 2.79 bits per heavy atom. The number of anilines is 1. The van der Waals surface area contributed by atoms with E-state index >= 15 is 0 Å². The molecule has 0 spiro atoms. The molecule has 0 bridgehead atoms. The fourth-order valence-corrected chi connectivity index (χ4v) is 1.86. The maximum atomic E-state index is 13.5. The summed E-state index contributed by atoms with van der Waals surface area (Å²) in [4.78, 5) is 11.8. The van der Waals surface area contributed by atoms with Crippen LogP contribution in [0.25, 0.3) is 0 Å². The molecule has 6 heteroatoms. The minimum Gasteiger partial charge on any atom is -0.361 e. The molecule has 0 radical (unpaired) electrons. The predicted octanol–water partition coefficient (Wildman–Crippen LogP) is 3.27. The molecule has 0 unspecified atom stereocenters. The first kappa shape index (κ1) is 13.5. The number of aryl methyl sites for hydroxylation is 2. The Morgan fingerprint density at radius 2 is 2.21 bits per heavy atom. The Bertz CT molecular complexity index is 606. The Hall–Kier alpha value is -1.88. The average Bonchev–Trinajstić information content (AvgIpc) is 2.65. The Morgan fingerprint density at radius 1 is 1.47 bits per heavy atom. The molecule has 1 N–H and O–H groups in total. The summed E-state index contributed by atoms with van der Waals surface area (Å²) >= 11 is 5.64. The number of hydrogen-bond donors (Lipinski definition) is 1. The molecule has 1 aromatic heterocycles. The lowest BCUT2D eigenvalue weighted by molar-refractivity contribution is -0.115. The summed E-state index contributed by atoms with van der Waals surface area (Å²) in [6.07, 6.45) is 0.0865. The number of hydrogen-bond acceptors (Lipinski definition) is 3. The first-order valence-electron chi connectivity index (χ1n) is 5.64. The molecular formula is C13H12ClFN2O2. The van der Waals surface area contributed by atoms with Gasteiger partial charge in [0, 0.05) is 10.6 Å². The summed E-state index contributed by atoms with van der Waals surface area (Å²) < 4.78 is 18.5. The Balaban J connectivity index is 2.10. The lowest BCUT2D eigenvalue weighted by Gasteiger charge is -2.06. The van der Waals surface area contributed by atoms with Crippen LogP contribution in [0.1, 0.15) is 17.0 Å². The normalized spacial score (nSPS) is 10.5. The molecule has 0 saturated heterocycles. The lowest BCUT2D eigenvalue weighted by atomic mass is 10.1. The first-order valence-corrected chi connectivity index (χ1v) is 6.02. The number of carbonyl (C=O) groups is 1. The van der Waals surface area contributed by atoms with Crippen LogP contribution in [-0.4, -0.2) is 11.1 Å². The highest BCUT2D eigenvalue weighted by atomic mass is 35.5. The zero-order chi connectivity index (χ0) is 14.0. The fourth-order valence-electron chi connectivity index (χ4n) is 1.70. The third-order valence-corrected chi connectivity index (χ3v) is 2.96. The van der Waals surface area contributed by atoms with Gasteiger partial charge in [0.2, 0.25) is 5.91 Å². The summed E-state index contributed by atoms with van der Waals surface area (Å²) in [7, 11) is 0. The van der Waals surface area contributed by atoms with Crippen LogP contribution in [0, 0.1) is 19.7 Å². The van der Waals surface area contributed by atoms with Crippen LogP contribution in [0.4, 0.5) is 10.1 Å². The van der Waals surface area contributed by atoms with Gasteiger partial charge in [-0.05, 0) is 32.0 Å². The minimum atomic E-state index is -0.570. The van der Waals surface area contributed by atoms with Crippen LogP contribution in [0.2, 0.25) is 5.02 Å². The topological polar surface area (TPSA) is 55.1 Å². The molecule has 0 saturated carbocycles. The maximum absolute atomic E-state index is 13.5. The van der Waals surface area contributed by atoms with Crippen LogP contribution in [0.3, 0.4) is 0 Å². The van der Waals surface area contributed by atoms with Gasteiger partial charge in [-0.1, -0.05) is 16.8 Å². The van der Waals surface area contributed by atoms with Crippen molar-refractivity contribution in [2.45, 2.75) is 20.3 Å². The van der Waals surface area contributed by atoms with Crippen molar-refractivity contribution in [3.63, 3.8) is 0 Å². The molecule has 2 rings (SSSR count). The van der Waals surface area contributed by atoms with Crippen LogP contribution in [0.5, 0.6) is 0 Å². The highest BCUT2D eigenvalue weighted by Crippen LogP contribution is 2.20. The van der Waals surface area contributed by atoms with Gasteiger partial charge in [0.05, 0.1) is 17.8 Å². The van der Waals surface area contributed by atoms with Gasteiger partial charge < -0.3 is 9.84 Å². The highest BCUT2D eigenvalue weighted by Gasteiger charge is 2.14. The third-order valence-electron chi connectivity index (χ3n) is 2.72. The fraction of sp³-hybridized carbons (Fsp3) is 0.231. The van der Waals surface area contributed by atoms with Gasteiger partial charge in [-0.25, -0.2) is 4.39 Å². The molecule has 0 fully saturated rings. The summed E-state index contributed by atoms with van der Waals surface area (Å²) in [6, 6.07) is 4.08. The zero-order valence-electron chi connectivity index (χ0n) is 10.5. The van der Waals surface area contributed by atoms with Crippen molar-refractivity contribution < 1.29 is 13.7 Å². The van der Waals surface area contributed by atoms with E-state index in [-0.39, 0.29) is 23.0 Å². The van der Waals surface area contributed by atoms with Crippen molar-refractivity contribution in [1.82, 2.24) is 5.16 Å². The second kappa shape index (κ2) is 5.40. The molecule has 0 aliphatic carbocycles. The monoisotopic (exact) mass is 282 g/mol. The van der Waals surface area contributed by atoms with Gasteiger partial charge >= 0.3 is 0 Å². The summed E-state index contributed by atoms with van der Waals surface area (Å²) in [5, 5.41) is 6.53. The molecule has 1 heterocycles. The van der Waals surface area contributed by atoms with Gasteiger partial charge in [0.1, 0.15) is 11.6 Å². The van der Waals surface area contributed by atoms with Gasteiger partial charge in [0.15, 0.2) is 0 Å². The number of amides is 1. The molecule has 19 heavy (non-hydrogen) atoms. The van der Waals surface area contributed by atoms with Gasteiger partial charge in [-0.3, -0.25) is 4.79 Å². The number of halogens is 2. The van der Waals surface area contributed by atoms with Crippen molar-refractivity contribution >= 4 is 23.2 Å². The van der Waals surface area contributed by atoms with E-state index in [4.69, 9.17) is 16.1 Å². The number of rotatable bonds is 3. The second-order valence-electron chi connectivity index (χ2n) is 4.15. The average molecular weight is 283 g/mol. The van der Waals surface area contributed by atoms with Crippen molar-refractivity contribution in [1.29, 1.82) is 0 Å². The summed E-state index contributed by atoms with van der Waals surface area (Å²) in [5.41, 5.74) is 1.47. The maximum Gasteiger partial charge on any atom is 0.229 e. The SMILES string of the molecule is Cc1noc(C)c1CC(=O)Nc1ccc(Cl)cc1F. The molecule has 2 aromatic rings. The molecular weight excluding hydrogens is 271 g/mol. The zero-order valence-corrected chi connectivity index (χ0v) is 11.2. The number of nitrogens with one attached hydrogen (secondary N) is 1. The molecule has 0 aliphatic rings. The largest absolute Gasteiger partial charge is 0.361 e. The highest BCUT2D eigenvalue weighted by molar-refractivity contribution is 6.30. The van der Waals surface area contributed by atoms with E-state index in [2.05, 4.69) is 10.5 Å². The smallest absolute Gasteiger partial charge is 0.229 e. The second-order valence-corrected chi connectivity index (χ2v) is 4.59. The van der Waals surface area contributed by atoms with Gasteiger partial charge in [-0.15, -0.1) is 0 Å². The predicted molar refractivity (Wildman–Crippen MR) is 69.7 cm³/mol. The van der Waals surface area contributed by atoms with Crippen LogP contribution in [0.15, 0.2) is 22.7 Å². The van der Waals surface area contributed by atoms with E-state index < -0.39 is 5.82 Å². The molecule has 1 amide bonds. The molecule has 4 nitrogen and oxygen atoms in total. The van der Waals surface area contributed by atoms with Crippen molar-refractivity contribution in [2.75, 3.05) is 5.32 Å². The molecule has 100 valence electrons. The van der Waals surface area contributed by atoms with Crippen molar-refractivity contribution in [3.8, 4) is 0 Å². The Labute approximate surface area is 114 Å². The molecule has 1 aromatic carbocycles. The van der Waals surface area contributed by atoms with E-state index in [1.807, 2.05) is 0 Å². The number of aromatic nitrogens is 1. The van der Waals surface area contributed by atoms with E-state index in [9.17, 15) is 9.18 Å². The number of carbonyl (C=O) groups excluding carboxylic acids is 1. The standard InChI is InChI=1S/C13H12ClFN2O2/c1-7-10(8(2)19-17-7)6-13(18)16-12-4-3-9(14)5-11(12)15/h3-5H,6H2,1-2H3,(H,16,18). The number of benzene rings is 1. The van der Waals surface area contributed by atoms with Crippen LogP contribution >= 0.6 is 11.6 Å². The van der Waals surface area contributed by atoms with Crippen molar-refractivity contribution in [2.24, 2.45) is 0 Å². The minimum absolute atomic E-state index is 0.0865. The van der Waals surface area contributed by atoms with Gasteiger partial charge in [-0.2, -0.15) is 0 Å². The number of nitrogens with zero attached hydrogens (tertiary/aromatic N) is 1. The van der Waals surface area contributed by atoms with Crippen LogP contribution in [-0.2, 0) is 11.2 Å². The quantitative estimate of drug-likeness (QED) is 0.940. The third kappa shape index (κ3) is 3.12. The molecule has 0 aliphatic heterocycles.